The summed E-state index contributed by atoms with van der Waals surface area (Å²) in [6.45, 7) is 1.97. The normalized spacial score (nSPS) is 10.9. The summed E-state index contributed by atoms with van der Waals surface area (Å²) in [6.07, 6.45) is 1.47. The van der Waals surface area contributed by atoms with Gasteiger partial charge in [-0.25, -0.2) is 10.5 Å². The Labute approximate surface area is 160 Å². The van der Waals surface area contributed by atoms with Crippen LogP contribution in [0.5, 0.6) is 5.75 Å². The molecule has 0 bridgehead atoms. The van der Waals surface area contributed by atoms with Gasteiger partial charge in [0.15, 0.2) is 0 Å². The fourth-order valence-electron chi connectivity index (χ4n) is 2.17. The number of phenols is 1. The maximum Gasteiger partial charge on any atom is 0.240 e. The molecule has 0 fully saturated rings. The van der Waals surface area contributed by atoms with Crippen molar-refractivity contribution in [1.82, 2.24) is 15.2 Å². The van der Waals surface area contributed by atoms with Gasteiger partial charge in [0.05, 0.1) is 12.0 Å². The minimum absolute atomic E-state index is 0.136. The number of carbonyl (C=O) groups excluding carboxylic acids is 1. The second kappa shape index (κ2) is 8.86. The van der Waals surface area contributed by atoms with Gasteiger partial charge in [-0.1, -0.05) is 36.0 Å². The lowest BCUT2D eigenvalue weighted by Crippen LogP contribution is -2.14. The van der Waals surface area contributed by atoms with E-state index in [1.807, 2.05) is 31.2 Å². The minimum Gasteiger partial charge on any atom is -0.507 e. The van der Waals surface area contributed by atoms with Crippen molar-refractivity contribution in [2.24, 2.45) is 5.10 Å². The maximum absolute atomic E-state index is 12.0. The third-order valence-electron chi connectivity index (χ3n) is 3.41. The molecule has 1 aromatic heterocycles. The van der Waals surface area contributed by atoms with E-state index in [4.69, 9.17) is 0 Å². The van der Waals surface area contributed by atoms with E-state index < -0.39 is 0 Å². The second-order valence-corrected chi connectivity index (χ2v) is 6.54. The molecular weight excluding hydrogens is 364 g/mol. The number of para-hydroxylation sites is 1. The molecule has 0 saturated heterocycles. The van der Waals surface area contributed by atoms with Crippen molar-refractivity contribution >= 4 is 35.5 Å². The molecule has 1 heterocycles. The number of aromatic nitrogens is 3. The molecular formula is C18H18N6O2S. The van der Waals surface area contributed by atoms with Crippen molar-refractivity contribution in [1.29, 1.82) is 0 Å². The van der Waals surface area contributed by atoms with Gasteiger partial charge in [-0.3, -0.25) is 4.79 Å². The summed E-state index contributed by atoms with van der Waals surface area (Å²) in [5.74, 6) is 0.522. The fourth-order valence-corrected chi connectivity index (χ4v) is 2.77. The highest BCUT2D eigenvalue weighted by molar-refractivity contribution is 7.99. The molecule has 9 heteroatoms. The number of hydrogen-bond donors (Lipinski definition) is 4. The third-order valence-corrected chi connectivity index (χ3v) is 4.26. The van der Waals surface area contributed by atoms with E-state index in [0.29, 0.717) is 16.7 Å². The van der Waals surface area contributed by atoms with E-state index in [-0.39, 0.29) is 17.4 Å². The first-order valence-electron chi connectivity index (χ1n) is 8.09. The third kappa shape index (κ3) is 5.58. The second-order valence-electron chi connectivity index (χ2n) is 5.60. The van der Waals surface area contributed by atoms with Gasteiger partial charge >= 0.3 is 0 Å². The van der Waals surface area contributed by atoms with E-state index in [1.54, 1.807) is 24.3 Å². The highest BCUT2D eigenvalue weighted by Crippen LogP contribution is 2.16. The monoisotopic (exact) mass is 382 g/mol. The van der Waals surface area contributed by atoms with Crippen molar-refractivity contribution in [2.45, 2.75) is 12.1 Å². The highest BCUT2D eigenvalue weighted by Gasteiger charge is 2.08. The summed E-state index contributed by atoms with van der Waals surface area (Å²) in [7, 11) is 0. The Kier molecular flexibility index (Phi) is 6.06. The van der Waals surface area contributed by atoms with Gasteiger partial charge in [0.25, 0.3) is 0 Å². The van der Waals surface area contributed by atoms with Crippen molar-refractivity contribution in [3.63, 3.8) is 0 Å². The van der Waals surface area contributed by atoms with Crippen LogP contribution in [-0.2, 0) is 4.79 Å². The highest BCUT2D eigenvalue weighted by atomic mass is 32.2. The molecule has 3 rings (SSSR count). The number of rotatable bonds is 7. The summed E-state index contributed by atoms with van der Waals surface area (Å²) in [5, 5.41) is 23.6. The Hall–Kier alpha value is -3.33. The lowest BCUT2D eigenvalue weighted by Gasteiger charge is -2.04. The first-order valence-corrected chi connectivity index (χ1v) is 9.07. The predicted molar refractivity (Wildman–Crippen MR) is 106 cm³/mol. The van der Waals surface area contributed by atoms with Gasteiger partial charge in [-0.05, 0) is 36.8 Å². The fraction of sp³-hybridized carbons (Fsp3) is 0.111. The number of benzene rings is 2. The van der Waals surface area contributed by atoms with Crippen molar-refractivity contribution in [3.8, 4) is 5.75 Å². The maximum atomic E-state index is 12.0. The number of thioether (sulfide) groups is 1. The molecule has 0 aliphatic heterocycles. The smallest absolute Gasteiger partial charge is 0.240 e. The SMILES string of the molecule is Cc1cccc(NC(=O)CSc2n[nH]c(N/N=C/c3ccccc3O)n2)c1. The van der Waals surface area contributed by atoms with Crippen molar-refractivity contribution in [3.05, 3.63) is 59.7 Å². The van der Waals surface area contributed by atoms with Gasteiger partial charge in [0, 0.05) is 11.3 Å². The Balaban J connectivity index is 1.48. The zero-order valence-electron chi connectivity index (χ0n) is 14.5. The van der Waals surface area contributed by atoms with Crippen LogP contribution in [0.25, 0.3) is 0 Å². The average molecular weight is 382 g/mol. The molecule has 2 aromatic carbocycles. The average Bonchev–Trinajstić information content (AvgIpc) is 3.09. The molecule has 138 valence electrons. The number of hydrazone groups is 1. The number of nitrogens with one attached hydrogen (secondary N) is 3. The van der Waals surface area contributed by atoms with E-state index >= 15 is 0 Å². The van der Waals surface area contributed by atoms with E-state index in [0.717, 1.165) is 11.3 Å². The molecule has 0 aliphatic rings. The Morgan fingerprint density at radius 3 is 2.96 bits per heavy atom. The Bertz CT molecular complexity index is 956. The molecule has 0 aliphatic carbocycles. The van der Waals surface area contributed by atoms with Gasteiger partial charge in [0.2, 0.25) is 17.0 Å². The zero-order chi connectivity index (χ0) is 19.1. The van der Waals surface area contributed by atoms with Gasteiger partial charge in [-0.15, -0.1) is 5.10 Å². The molecule has 0 spiro atoms. The van der Waals surface area contributed by atoms with Crippen LogP contribution in [0.3, 0.4) is 0 Å². The molecule has 4 N–H and O–H groups in total. The van der Waals surface area contributed by atoms with Crippen LogP contribution in [0.2, 0.25) is 0 Å². The minimum atomic E-state index is -0.137. The molecule has 0 atom stereocenters. The number of carbonyl (C=O) groups is 1. The largest absolute Gasteiger partial charge is 0.507 e. The van der Waals surface area contributed by atoms with E-state index in [1.165, 1.54) is 18.0 Å². The number of anilines is 2. The zero-order valence-corrected chi connectivity index (χ0v) is 15.3. The lowest BCUT2D eigenvalue weighted by atomic mass is 10.2. The number of aryl methyl sites for hydroxylation is 1. The standard InChI is InChI=1S/C18H18N6O2S/c1-12-5-4-7-14(9-12)20-16(26)11-27-18-21-17(23-24-18)22-19-10-13-6-2-3-8-15(13)25/h2-10,25H,11H2,1H3,(H,20,26)(H2,21,22,23,24)/b19-10+. The van der Waals surface area contributed by atoms with E-state index in [9.17, 15) is 9.90 Å². The van der Waals surface area contributed by atoms with Gasteiger partial charge in [0.1, 0.15) is 5.75 Å². The Morgan fingerprint density at radius 2 is 2.15 bits per heavy atom. The molecule has 1 amide bonds. The number of H-pyrrole nitrogens is 1. The van der Waals surface area contributed by atoms with Gasteiger partial charge in [-0.2, -0.15) is 10.1 Å². The predicted octanol–water partition coefficient (Wildman–Crippen LogP) is 3.00. The van der Waals surface area contributed by atoms with Crippen LogP contribution in [0, 0.1) is 6.92 Å². The quantitative estimate of drug-likeness (QED) is 0.284. The number of aromatic hydroxyl groups is 1. The summed E-state index contributed by atoms with van der Waals surface area (Å²) in [5.41, 5.74) is 5.10. The molecule has 0 radical (unpaired) electrons. The first kappa shape index (κ1) is 18.5. The molecule has 27 heavy (non-hydrogen) atoms. The first-order chi connectivity index (χ1) is 13.1. The van der Waals surface area contributed by atoms with Crippen molar-refractivity contribution < 1.29 is 9.90 Å². The molecule has 3 aromatic rings. The number of nitrogens with zero attached hydrogens (tertiary/aromatic N) is 3. The van der Waals surface area contributed by atoms with Crippen LogP contribution in [0.4, 0.5) is 11.6 Å². The number of hydrogen-bond acceptors (Lipinski definition) is 7. The summed E-state index contributed by atoms with van der Waals surface area (Å²) >= 11 is 1.21. The lowest BCUT2D eigenvalue weighted by molar-refractivity contribution is -0.113. The van der Waals surface area contributed by atoms with Crippen LogP contribution < -0.4 is 10.7 Å². The number of phenolic OH excluding ortho intramolecular Hbond substituents is 1. The van der Waals surface area contributed by atoms with Crippen LogP contribution in [-0.4, -0.2) is 38.2 Å². The van der Waals surface area contributed by atoms with E-state index in [2.05, 4.69) is 31.0 Å². The number of aromatic amines is 1. The molecule has 0 saturated carbocycles. The molecule has 8 nitrogen and oxygen atoms in total. The topological polar surface area (TPSA) is 115 Å². The van der Waals surface area contributed by atoms with Gasteiger partial charge < -0.3 is 10.4 Å². The summed E-state index contributed by atoms with van der Waals surface area (Å²) < 4.78 is 0. The Morgan fingerprint density at radius 1 is 1.30 bits per heavy atom. The molecule has 0 unspecified atom stereocenters. The number of amides is 1. The summed E-state index contributed by atoms with van der Waals surface area (Å²) in [4.78, 5) is 16.2. The van der Waals surface area contributed by atoms with Crippen molar-refractivity contribution in [2.75, 3.05) is 16.5 Å². The van der Waals surface area contributed by atoms with Crippen LogP contribution in [0.15, 0.2) is 58.8 Å². The summed E-state index contributed by atoms with van der Waals surface area (Å²) in [6, 6.07) is 14.4. The van der Waals surface area contributed by atoms with Crippen LogP contribution >= 0.6 is 11.8 Å². The van der Waals surface area contributed by atoms with Crippen LogP contribution in [0.1, 0.15) is 11.1 Å².